The maximum atomic E-state index is 11.3. The van der Waals surface area contributed by atoms with E-state index in [-0.39, 0.29) is 17.1 Å². The Hall–Kier alpha value is -3.72. The van der Waals surface area contributed by atoms with Crippen molar-refractivity contribution in [1.29, 1.82) is 5.26 Å². The minimum Gasteiger partial charge on any atom is -0.383 e. The van der Waals surface area contributed by atoms with Crippen LogP contribution in [0.3, 0.4) is 0 Å². The molecule has 0 unspecified atom stereocenters. The van der Waals surface area contributed by atoms with Crippen LogP contribution in [0.25, 0.3) is 22.4 Å². The van der Waals surface area contributed by atoms with Gasteiger partial charge in [0.2, 0.25) is 0 Å². The molecule has 122 valence electrons. The lowest BCUT2D eigenvalue weighted by Crippen LogP contribution is -2.01. The van der Waals surface area contributed by atoms with Crippen molar-refractivity contribution in [1.82, 2.24) is 4.98 Å². The molecule has 0 bridgehead atoms. The highest BCUT2D eigenvalue weighted by Crippen LogP contribution is 2.36. The largest absolute Gasteiger partial charge is 0.383 e. The van der Waals surface area contributed by atoms with Crippen molar-refractivity contribution in [3.63, 3.8) is 0 Å². The number of hydrogen-bond donors (Lipinski definition) is 1. The van der Waals surface area contributed by atoms with Crippen LogP contribution in [0.1, 0.15) is 11.1 Å². The van der Waals surface area contributed by atoms with E-state index >= 15 is 0 Å². The Labute approximate surface area is 144 Å². The van der Waals surface area contributed by atoms with Gasteiger partial charge in [-0.25, -0.2) is 4.98 Å². The normalized spacial score (nSPS) is 10.2. The van der Waals surface area contributed by atoms with E-state index in [1.165, 1.54) is 6.07 Å². The monoisotopic (exact) mass is 330 g/mol. The van der Waals surface area contributed by atoms with Crippen molar-refractivity contribution >= 4 is 11.5 Å². The topological polar surface area (TPSA) is 106 Å². The van der Waals surface area contributed by atoms with Gasteiger partial charge in [-0.15, -0.1) is 0 Å². The van der Waals surface area contributed by atoms with Gasteiger partial charge < -0.3 is 5.73 Å². The average Bonchev–Trinajstić information content (AvgIpc) is 2.61. The predicted molar refractivity (Wildman–Crippen MR) is 95.6 cm³/mol. The van der Waals surface area contributed by atoms with Crippen LogP contribution in [0.4, 0.5) is 11.5 Å². The fourth-order valence-electron chi connectivity index (χ4n) is 2.63. The number of anilines is 1. The van der Waals surface area contributed by atoms with E-state index in [1.807, 2.05) is 37.3 Å². The quantitative estimate of drug-likeness (QED) is 0.575. The van der Waals surface area contributed by atoms with Crippen molar-refractivity contribution in [2.45, 2.75) is 6.92 Å². The van der Waals surface area contributed by atoms with Crippen LogP contribution < -0.4 is 5.73 Å². The minimum absolute atomic E-state index is 0.0497. The molecule has 0 aliphatic heterocycles. The summed E-state index contributed by atoms with van der Waals surface area (Å²) in [5.74, 6) is 0.0497. The predicted octanol–water partition coefficient (Wildman–Crippen LogP) is 4.09. The molecule has 0 saturated heterocycles. The molecule has 0 aliphatic rings. The Morgan fingerprint density at radius 3 is 2.44 bits per heavy atom. The van der Waals surface area contributed by atoms with Crippen molar-refractivity contribution in [3.05, 3.63) is 75.8 Å². The second kappa shape index (κ2) is 6.42. The third-order valence-corrected chi connectivity index (χ3v) is 3.90. The number of nitrogens with zero attached hydrogens (tertiary/aromatic N) is 3. The maximum Gasteiger partial charge on any atom is 0.277 e. The van der Waals surface area contributed by atoms with Crippen molar-refractivity contribution in [2.75, 3.05) is 5.73 Å². The lowest BCUT2D eigenvalue weighted by atomic mass is 9.97. The molecule has 0 saturated carbocycles. The smallest absolute Gasteiger partial charge is 0.277 e. The molecule has 0 radical (unpaired) electrons. The zero-order valence-corrected chi connectivity index (χ0v) is 13.4. The third-order valence-electron chi connectivity index (χ3n) is 3.90. The molecule has 2 aromatic carbocycles. The summed E-state index contributed by atoms with van der Waals surface area (Å²) in [5.41, 5.74) is 9.23. The zero-order chi connectivity index (χ0) is 18.0. The Bertz CT molecular complexity index is 1000. The first kappa shape index (κ1) is 16.1. The molecule has 0 atom stereocenters. The van der Waals surface area contributed by atoms with Gasteiger partial charge in [0, 0.05) is 17.2 Å². The molecule has 6 nitrogen and oxygen atoms in total. The van der Waals surface area contributed by atoms with Crippen molar-refractivity contribution in [2.24, 2.45) is 0 Å². The van der Waals surface area contributed by atoms with E-state index in [9.17, 15) is 15.4 Å². The summed E-state index contributed by atoms with van der Waals surface area (Å²) in [5, 5.41) is 20.8. The Kier molecular flexibility index (Phi) is 4.14. The molecule has 2 N–H and O–H groups in total. The first-order valence-corrected chi connectivity index (χ1v) is 7.52. The number of hydrogen-bond acceptors (Lipinski definition) is 5. The molecule has 1 heterocycles. The molecule has 0 aliphatic carbocycles. The zero-order valence-electron chi connectivity index (χ0n) is 13.4. The first-order valence-electron chi connectivity index (χ1n) is 7.52. The molecule has 3 rings (SSSR count). The third kappa shape index (κ3) is 3.03. The number of benzene rings is 2. The second-order valence-electron chi connectivity index (χ2n) is 5.57. The number of pyridine rings is 1. The number of nitro groups is 1. The van der Waals surface area contributed by atoms with Gasteiger partial charge >= 0.3 is 0 Å². The molecule has 3 aromatic rings. The van der Waals surface area contributed by atoms with E-state index in [2.05, 4.69) is 4.98 Å². The summed E-state index contributed by atoms with van der Waals surface area (Å²) in [6, 6.07) is 17.6. The van der Waals surface area contributed by atoms with Crippen LogP contribution in [0, 0.1) is 28.4 Å². The number of nitro benzene ring substituents is 1. The molecular weight excluding hydrogens is 316 g/mol. The number of nitrogen functional groups attached to an aromatic ring is 1. The lowest BCUT2D eigenvalue weighted by molar-refractivity contribution is -0.384. The summed E-state index contributed by atoms with van der Waals surface area (Å²) >= 11 is 0. The van der Waals surface area contributed by atoms with Crippen molar-refractivity contribution < 1.29 is 4.92 Å². The van der Waals surface area contributed by atoms with E-state index in [4.69, 9.17) is 5.73 Å². The highest BCUT2D eigenvalue weighted by molar-refractivity contribution is 5.84. The van der Waals surface area contributed by atoms with Crippen LogP contribution in [0.15, 0.2) is 54.6 Å². The summed E-state index contributed by atoms with van der Waals surface area (Å²) in [6.45, 7) is 1.98. The van der Waals surface area contributed by atoms with Crippen molar-refractivity contribution in [3.8, 4) is 28.5 Å². The second-order valence-corrected chi connectivity index (χ2v) is 5.57. The molecule has 0 amide bonds. The number of nitrogens with two attached hydrogens (primary N) is 1. The molecule has 0 spiro atoms. The summed E-state index contributed by atoms with van der Waals surface area (Å²) in [7, 11) is 0. The van der Waals surface area contributed by atoms with Gasteiger partial charge in [-0.05, 0) is 19.1 Å². The fraction of sp³-hybridized carbons (Fsp3) is 0.0526. The summed E-state index contributed by atoms with van der Waals surface area (Å²) < 4.78 is 0. The number of aryl methyl sites for hydroxylation is 1. The SMILES string of the molecule is Cc1ccc(-c2cc(-c3ccccc3[N+](=O)[O-])c(C#N)c(N)n2)cc1. The number of para-hydroxylation sites is 1. The van der Waals surface area contributed by atoms with Gasteiger partial charge in [0.1, 0.15) is 17.5 Å². The van der Waals surface area contributed by atoms with E-state index in [0.29, 0.717) is 16.8 Å². The standard InChI is InChI=1S/C19H14N4O2/c1-12-6-8-13(9-7-12)17-10-15(16(11-20)19(21)22-17)14-4-2-3-5-18(14)23(24)25/h2-10H,1H3,(H2,21,22). The highest BCUT2D eigenvalue weighted by atomic mass is 16.6. The Morgan fingerprint density at radius 2 is 1.80 bits per heavy atom. The van der Waals surface area contributed by atoms with Crippen LogP contribution in [-0.4, -0.2) is 9.91 Å². The molecule has 1 aromatic heterocycles. The van der Waals surface area contributed by atoms with Crippen LogP contribution in [-0.2, 0) is 0 Å². The number of aromatic nitrogens is 1. The van der Waals surface area contributed by atoms with Gasteiger partial charge in [-0.2, -0.15) is 5.26 Å². The van der Waals surface area contributed by atoms with E-state index in [1.54, 1.807) is 24.3 Å². The number of nitriles is 1. The minimum atomic E-state index is -0.474. The molecule has 25 heavy (non-hydrogen) atoms. The molecule has 6 heteroatoms. The van der Waals surface area contributed by atoms with Crippen LogP contribution >= 0.6 is 0 Å². The first-order chi connectivity index (χ1) is 12.0. The van der Waals surface area contributed by atoms with Crippen LogP contribution in [0.5, 0.6) is 0 Å². The lowest BCUT2D eigenvalue weighted by Gasteiger charge is -2.10. The van der Waals surface area contributed by atoms with E-state index < -0.39 is 4.92 Å². The molecular formula is C19H14N4O2. The van der Waals surface area contributed by atoms with Gasteiger partial charge in [0.15, 0.2) is 0 Å². The van der Waals surface area contributed by atoms with Gasteiger partial charge in [0.25, 0.3) is 5.69 Å². The van der Waals surface area contributed by atoms with Gasteiger partial charge in [0.05, 0.1) is 16.2 Å². The van der Waals surface area contributed by atoms with Crippen LogP contribution in [0.2, 0.25) is 0 Å². The summed E-state index contributed by atoms with van der Waals surface area (Å²) in [6.07, 6.45) is 0. The number of rotatable bonds is 3. The highest BCUT2D eigenvalue weighted by Gasteiger charge is 2.20. The Balaban J connectivity index is 2.28. The summed E-state index contributed by atoms with van der Waals surface area (Å²) in [4.78, 5) is 15.2. The van der Waals surface area contributed by atoms with Gasteiger partial charge in [-0.1, -0.05) is 42.0 Å². The maximum absolute atomic E-state index is 11.3. The fourth-order valence-corrected chi connectivity index (χ4v) is 2.63. The Morgan fingerprint density at radius 1 is 1.12 bits per heavy atom. The van der Waals surface area contributed by atoms with E-state index in [0.717, 1.165) is 11.1 Å². The van der Waals surface area contributed by atoms with Gasteiger partial charge in [-0.3, -0.25) is 10.1 Å². The average molecular weight is 330 g/mol. The molecule has 0 fully saturated rings.